The summed E-state index contributed by atoms with van der Waals surface area (Å²) in [6.45, 7) is 2.84. The second-order valence-electron chi connectivity index (χ2n) is 6.62. The Morgan fingerprint density at radius 1 is 1.17 bits per heavy atom. The van der Waals surface area contributed by atoms with Crippen LogP contribution in [-0.2, 0) is 16.6 Å². The van der Waals surface area contributed by atoms with Crippen molar-refractivity contribution in [1.29, 1.82) is 0 Å². The Labute approximate surface area is 177 Å². The van der Waals surface area contributed by atoms with Gasteiger partial charge in [0.1, 0.15) is 5.65 Å². The van der Waals surface area contributed by atoms with Crippen molar-refractivity contribution >= 4 is 21.6 Å². The Hall–Kier alpha value is -3.15. The summed E-state index contributed by atoms with van der Waals surface area (Å²) in [5, 5.41) is 2.85. The van der Waals surface area contributed by atoms with Gasteiger partial charge in [-0.1, -0.05) is 25.5 Å². The summed E-state index contributed by atoms with van der Waals surface area (Å²) < 4.78 is 28.2. The molecule has 2 heterocycles. The number of benzene rings is 1. The molecule has 0 radical (unpaired) electrons. The molecule has 3 aromatic rings. The maximum absolute atomic E-state index is 12.5. The first-order valence-corrected chi connectivity index (χ1v) is 11.0. The smallest absolute Gasteiger partial charge is 0.253 e. The Balaban J connectivity index is 0.00000155. The highest BCUT2D eigenvalue weighted by Gasteiger charge is 2.19. The summed E-state index contributed by atoms with van der Waals surface area (Å²) in [4.78, 5) is 16.8. The number of imidazole rings is 1. The fourth-order valence-electron chi connectivity index (χ4n) is 2.80. The highest BCUT2D eigenvalue weighted by Crippen LogP contribution is 2.16. The third-order valence-electron chi connectivity index (χ3n) is 4.56. The SMILES string of the molecule is C#C.CCCCN(C)S(=O)(=O)c1ccc(CNC(=O)c2ccc3nccn3c2)cc1. The van der Waals surface area contributed by atoms with E-state index < -0.39 is 10.0 Å². The number of carbonyl (C=O) groups excluding carboxylic acids is 1. The number of amides is 1. The van der Waals surface area contributed by atoms with Gasteiger partial charge < -0.3 is 9.72 Å². The molecule has 7 nitrogen and oxygen atoms in total. The predicted octanol–water partition coefficient (Wildman–Crippen LogP) is 2.93. The van der Waals surface area contributed by atoms with E-state index in [-0.39, 0.29) is 10.8 Å². The number of hydrogen-bond acceptors (Lipinski definition) is 4. The summed E-state index contributed by atoms with van der Waals surface area (Å²) in [7, 11) is -1.89. The fraction of sp³-hybridized carbons (Fsp3) is 0.273. The zero-order chi connectivity index (χ0) is 22.1. The highest BCUT2D eigenvalue weighted by atomic mass is 32.2. The van der Waals surface area contributed by atoms with Crippen molar-refractivity contribution in [1.82, 2.24) is 19.0 Å². The van der Waals surface area contributed by atoms with E-state index in [1.54, 1.807) is 66.4 Å². The summed E-state index contributed by atoms with van der Waals surface area (Å²) in [5.74, 6) is -0.202. The molecule has 0 spiro atoms. The molecule has 0 bridgehead atoms. The molecule has 1 N–H and O–H groups in total. The molecule has 2 aromatic heterocycles. The lowest BCUT2D eigenvalue weighted by Gasteiger charge is -2.17. The zero-order valence-electron chi connectivity index (χ0n) is 17.2. The maximum atomic E-state index is 12.5. The first-order valence-electron chi connectivity index (χ1n) is 9.51. The second kappa shape index (κ2) is 10.6. The van der Waals surface area contributed by atoms with E-state index in [0.717, 1.165) is 24.1 Å². The third-order valence-corrected chi connectivity index (χ3v) is 6.43. The zero-order valence-corrected chi connectivity index (χ0v) is 18.0. The Bertz CT molecular complexity index is 1100. The molecule has 158 valence electrons. The number of sulfonamides is 1. The third kappa shape index (κ3) is 5.47. The quantitative estimate of drug-likeness (QED) is 0.562. The monoisotopic (exact) mass is 426 g/mol. The lowest BCUT2D eigenvalue weighted by atomic mass is 10.2. The number of pyridine rings is 1. The number of hydrogen-bond donors (Lipinski definition) is 1. The van der Waals surface area contributed by atoms with Gasteiger partial charge in [0, 0.05) is 38.7 Å². The van der Waals surface area contributed by atoms with Gasteiger partial charge in [0.15, 0.2) is 0 Å². The number of carbonyl (C=O) groups is 1. The molecule has 0 aliphatic rings. The molecule has 30 heavy (non-hydrogen) atoms. The van der Waals surface area contributed by atoms with E-state index in [4.69, 9.17) is 0 Å². The number of nitrogens with zero attached hydrogens (tertiary/aromatic N) is 3. The maximum Gasteiger partial charge on any atom is 0.253 e. The minimum atomic E-state index is -3.48. The van der Waals surface area contributed by atoms with Gasteiger partial charge in [-0.3, -0.25) is 4.79 Å². The molecule has 1 amide bonds. The minimum absolute atomic E-state index is 0.202. The van der Waals surface area contributed by atoms with Crippen molar-refractivity contribution in [3.63, 3.8) is 0 Å². The van der Waals surface area contributed by atoms with Crippen molar-refractivity contribution in [3.05, 3.63) is 66.1 Å². The van der Waals surface area contributed by atoms with Crippen LogP contribution in [0.4, 0.5) is 0 Å². The standard InChI is InChI=1S/C20H24N4O3S.C2H2/c1-3-4-12-23(2)28(26,27)18-8-5-16(6-9-18)14-22-20(25)17-7-10-19-21-11-13-24(19)15-17;1-2/h5-11,13,15H,3-4,12,14H2,1-2H3,(H,22,25);1-2H. The average Bonchev–Trinajstić information content (AvgIpc) is 3.25. The van der Waals surface area contributed by atoms with Crippen molar-refractivity contribution < 1.29 is 13.2 Å². The minimum Gasteiger partial charge on any atom is -0.348 e. The highest BCUT2D eigenvalue weighted by molar-refractivity contribution is 7.89. The lowest BCUT2D eigenvalue weighted by molar-refractivity contribution is 0.0950. The summed E-state index contributed by atoms with van der Waals surface area (Å²) in [6, 6.07) is 10.1. The van der Waals surface area contributed by atoms with Crippen molar-refractivity contribution in [2.75, 3.05) is 13.6 Å². The average molecular weight is 427 g/mol. The van der Waals surface area contributed by atoms with Gasteiger partial charge in [-0.15, -0.1) is 12.8 Å². The first kappa shape index (κ1) is 23.1. The van der Waals surface area contributed by atoms with Gasteiger partial charge in [-0.05, 0) is 36.2 Å². The van der Waals surface area contributed by atoms with Gasteiger partial charge in [-0.2, -0.15) is 0 Å². The summed E-state index contributed by atoms with van der Waals surface area (Å²) in [6.07, 6.45) is 14.9. The van der Waals surface area contributed by atoms with Crippen molar-refractivity contribution in [3.8, 4) is 12.8 Å². The number of unbranched alkanes of at least 4 members (excludes halogenated alkanes) is 1. The van der Waals surface area contributed by atoms with Gasteiger partial charge >= 0.3 is 0 Å². The Kier molecular flexibility index (Phi) is 8.16. The molecule has 0 saturated carbocycles. The normalized spacial score (nSPS) is 11.1. The van der Waals surface area contributed by atoms with Crippen LogP contribution < -0.4 is 5.32 Å². The summed E-state index contributed by atoms with van der Waals surface area (Å²) >= 11 is 0. The largest absolute Gasteiger partial charge is 0.348 e. The van der Waals surface area contributed by atoms with E-state index in [1.807, 2.05) is 6.92 Å². The molecular weight excluding hydrogens is 400 g/mol. The van der Waals surface area contributed by atoms with E-state index in [2.05, 4.69) is 23.1 Å². The number of terminal acetylenes is 1. The molecule has 0 aliphatic heterocycles. The number of aromatic nitrogens is 2. The summed E-state index contributed by atoms with van der Waals surface area (Å²) in [5.41, 5.74) is 2.13. The lowest BCUT2D eigenvalue weighted by Crippen LogP contribution is -2.28. The van der Waals surface area contributed by atoms with E-state index >= 15 is 0 Å². The van der Waals surface area contributed by atoms with Crippen LogP contribution in [0.1, 0.15) is 35.7 Å². The molecule has 0 fully saturated rings. The van der Waals surface area contributed by atoms with Crippen LogP contribution in [0.2, 0.25) is 0 Å². The van der Waals surface area contributed by atoms with Crippen LogP contribution in [0.25, 0.3) is 5.65 Å². The van der Waals surface area contributed by atoms with Crippen LogP contribution >= 0.6 is 0 Å². The molecule has 0 unspecified atom stereocenters. The van der Waals surface area contributed by atoms with Crippen molar-refractivity contribution in [2.45, 2.75) is 31.2 Å². The number of nitrogens with one attached hydrogen (secondary N) is 1. The van der Waals surface area contributed by atoms with Crippen LogP contribution in [0.3, 0.4) is 0 Å². The van der Waals surface area contributed by atoms with Crippen LogP contribution in [0.5, 0.6) is 0 Å². The Morgan fingerprint density at radius 2 is 1.87 bits per heavy atom. The van der Waals surface area contributed by atoms with Gasteiger partial charge in [0.2, 0.25) is 10.0 Å². The first-order chi connectivity index (χ1) is 14.4. The molecule has 0 aliphatic carbocycles. The van der Waals surface area contributed by atoms with E-state index in [1.165, 1.54) is 4.31 Å². The van der Waals surface area contributed by atoms with Crippen molar-refractivity contribution in [2.24, 2.45) is 0 Å². The van der Waals surface area contributed by atoms with Crippen LogP contribution in [-0.4, -0.2) is 41.6 Å². The molecule has 3 rings (SSSR count). The van der Waals surface area contributed by atoms with Crippen LogP contribution in [0, 0.1) is 12.8 Å². The van der Waals surface area contributed by atoms with Gasteiger partial charge in [0.25, 0.3) is 5.91 Å². The van der Waals surface area contributed by atoms with Gasteiger partial charge in [-0.25, -0.2) is 17.7 Å². The van der Waals surface area contributed by atoms with E-state index in [0.29, 0.717) is 18.7 Å². The number of rotatable bonds is 8. The Morgan fingerprint density at radius 3 is 2.53 bits per heavy atom. The molecule has 8 heteroatoms. The predicted molar refractivity (Wildman–Crippen MR) is 117 cm³/mol. The molecule has 0 saturated heterocycles. The van der Waals surface area contributed by atoms with Crippen LogP contribution in [0.15, 0.2) is 59.9 Å². The number of fused-ring (bicyclic) bond motifs is 1. The molecule has 0 atom stereocenters. The fourth-order valence-corrected chi connectivity index (χ4v) is 4.01. The van der Waals surface area contributed by atoms with E-state index in [9.17, 15) is 13.2 Å². The topological polar surface area (TPSA) is 83.8 Å². The molecular formula is C22H26N4O3S. The van der Waals surface area contributed by atoms with Gasteiger partial charge in [0.05, 0.1) is 10.5 Å². The molecule has 1 aromatic carbocycles. The second-order valence-corrected chi connectivity index (χ2v) is 8.66.